The van der Waals surface area contributed by atoms with E-state index in [0.29, 0.717) is 40.1 Å². The van der Waals surface area contributed by atoms with Crippen LogP contribution in [0, 0.1) is 6.92 Å². The molecule has 3 aromatic carbocycles. The third-order valence-electron chi connectivity index (χ3n) is 6.28. The molecule has 0 radical (unpaired) electrons. The van der Waals surface area contributed by atoms with E-state index in [1.165, 1.54) is 11.8 Å². The number of para-hydroxylation sites is 1. The van der Waals surface area contributed by atoms with Crippen molar-refractivity contribution in [2.75, 3.05) is 13.2 Å². The molecule has 4 rings (SSSR count). The summed E-state index contributed by atoms with van der Waals surface area (Å²) in [6.45, 7) is 5.88. The fraction of sp³-hybridized carbons (Fsp3) is 0.226. The van der Waals surface area contributed by atoms with Gasteiger partial charge in [-0.3, -0.25) is 4.79 Å². The van der Waals surface area contributed by atoms with Gasteiger partial charge in [-0.05, 0) is 94.2 Å². The van der Waals surface area contributed by atoms with Crippen molar-refractivity contribution in [3.63, 3.8) is 0 Å². The first-order valence-electron chi connectivity index (χ1n) is 13.3. The number of thiocarbonyl (C=S) groups is 1. The van der Waals surface area contributed by atoms with E-state index in [1.54, 1.807) is 32.0 Å². The van der Waals surface area contributed by atoms with E-state index in [1.807, 2.05) is 49.4 Å². The van der Waals surface area contributed by atoms with E-state index < -0.39 is 17.9 Å². The van der Waals surface area contributed by atoms with Crippen LogP contribution in [0.5, 0.6) is 11.5 Å². The van der Waals surface area contributed by atoms with Gasteiger partial charge in [-0.2, -0.15) is 5.10 Å². The molecular formula is C31H30Br2N4O5S. The molecule has 0 saturated heterocycles. The zero-order valence-electron chi connectivity index (χ0n) is 23.7. The molecule has 224 valence electrons. The van der Waals surface area contributed by atoms with Crippen molar-refractivity contribution in [3.05, 3.63) is 103 Å². The third kappa shape index (κ3) is 8.65. The predicted molar refractivity (Wildman–Crippen MR) is 176 cm³/mol. The van der Waals surface area contributed by atoms with E-state index in [0.717, 1.165) is 20.1 Å². The van der Waals surface area contributed by atoms with Gasteiger partial charge in [0.25, 0.3) is 5.91 Å². The van der Waals surface area contributed by atoms with Crippen molar-refractivity contribution < 1.29 is 23.8 Å². The topological polar surface area (TPSA) is 110 Å². The van der Waals surface area contributed by atoms with Gasteiger partial charge in [0.05, 0.1) is 33.4 Å². The van der Waals surface area contributed by atoms with Crippen LogP contribution in [0.2, 0.25) is 0 Å². The molecule has 12 heteroatoms. The molecule has 1 heterocycles. The van der Waals surface area contributed by atoms with Gasteiger partial charge in [-0.15, -0.1) is 0 Å². The first-order chi connectivity index (χ1) is 20.7. The monoisotopic (exact) mass is 728 g/mol. The minimum absolute atomic E-state index is 0.228. The molecule has 0 fully saturated rings. The van der Waals surface area contributed by atoms with Crippen LogP contribution >= 0.6 is 44.1 Å². The average molecular weight is 730 g/mol. The molecular weight excluding hydrogens is 700 g/mol. The predicted octanol–water partition coefficient (Wildman–Crippen LogP) is 5.98. The summed E-state index contributed by atoms with van der Waals surface area (Å²) in [6, 6.07) is 18.3. The highest BCUT2D eigenvalue weighted by atomic mass is 79.9. The molecule has 0 saturated carbocycles. The second-order valence-electron chi connectivity index (χ2n) is 9.50. The van der Waals surface area contributed by atoms with Crippen LogP contribution in [0.15, 0.2) is 86.0 Å². The Kier molecular flexibility index (Phi) is 11.3. The zero-order valence-corrected chi connectivity index (χ0v) is 27.7. The number of hydrogen-bond acceptors (Lipinski definition) is 7. The van der Waals surface area contributed by atoms with Crippen molar-refractivity contribution in [3.8, 4) is 11.5 Å². The van der Waals surface area contributed by atoms with Gasteiger partial charge in [-0.25, -0.2) is 10.2 Å². The minimum atomic E-state index is -0.620. The standard InChI is InChI=1S/C31H30Br2N4O5S/c1-4-40-30(39)27-19(3)35-31(43)36-28(27)22-7-5-6-8-25(22)41-17-26(38)37-34-15-21-13-23(32)29(24(33)14-21)42-16-20-11-9-18(2)10-12-20/h5-15,28H,4,16-17H2,1-3H3,(H,37,38)(H2,35,36,43)/t28-/m0/s1. The molecule has 1 amide bonds. The number of rotatable bonds is 11. The van der Waals surface area contributed by atoms with Gasteiger partial charge < -0.3 is 24.8 Å². The molecule has 3 N–H and O–H groups in total. The van der Waals surface area contributed by atoms with Gasteiger partial charge in [0, 0.05) is 11.3 Å². The lowest BCUT2D eigenvalue weighted by Crippen LogP contribution is -2.45. The van der Waals surface area contributed by atoms with Gasteiger partial charge in [0.2, 0.25) is 0 Å². The van der Waals surface area contributed by atoms with E-state index in [2.05, 4.69) is 53.0 Å². The third-order valence-corrected chi connectivity index (χ3v) is 7.68. The maximum Gasteiger partial charge on any atom is 0.338 e. The SMILES string of the molecule is CCOC(=O)C1=C(C)NC(=S)N[C@H]1c1ccccc1OCC(=O)NN=Cc1cc(Br)c(OCc2ccc(C)cc2)c(Br)c1. The molecule has 3 aromatic rings. The zero-order chi connectivity index (χ0) is 30.9. The normalized spacial score (nSPS) is 14.6. The van der Waals surface area contributed by atoms with Crippen molar-refractivity contribution in [1.82, 2.24) is 16.1 Å². The molecule has 1 atom stereocenters. The van der Waals surface area contributed by atoms with E-state index >= 15 is 0 Å². The summed E-state index contributed by atoms with van der Waals surface area (Å²) in [7, 11) is 0. The minimum Gasteiger partial charge on any atom is -0.487 e. The lowest BCUT2D eigenvalue weighted by molar-refractivity contribution is -0.139. The van der Waals surface area contributed by atoms with Crippen LogP contribution in [0.3, 0.4) is 0 Å². The molecule has 9 nitrogen and oxygen atoms in total. The first kappa shape index (κ1) is 32.2. The summed E-state index contributed by atoms with van der Waals surface area (Å²) in [6.07, 6.45) is 1.52. The number of allylic oxidation sites excluding steroid dienone is 1. The molecule has 1 aliphatic rings. The number of nitrogens with zero attached hydrogens (tertiary/aromatic N) is 1. The smallest absolute Gasteiger partial charge is 0.338 e. The number of esters is 1. The number of carbonyl (C=O) groups excluding carboxylic acids is 2. The Morgan fingerprint density at radius 3 is 2.44 bits per heavy atom. The Morgan fingerprint density at radius 2 is 1.74 bits per heavy atom. The lowest BCUT2D eigenvalue weighted by atomic mass is 9.95. The van der Waals surface area contributed by atoms with Crippen LogP contribution < -0.4 is 25.5 Å². The number of hydrogen-bond donors (Lipinski definition) is 3. The maximum absolute atomic E-state index is 12.7. The van der Waals surface area contributed by atoms with E-state index in [-0.39, 0.29) is 13.2 Å². The van der Waals surface area contributed by atoms with Crippen molar-refractivity contribution in [1.29, 1.82) is 0 Å². The summed E-state index contributed by atoms with van der Waals surface area (Å²) < 4.78 is 18.6. The summed E-state index contributed by atoms with van der Waals surface area (Å²) in [5.74, 6) is 0.133. The highest BCUT2D eigenvalue weighted by molar-refractivity contribution is 9.11. The Hall–Kier alpha value is -3.74. The molecule has 0 unspecified atom stereocenters. The second kappa shape index (κ2) is 15.1. The van der Waals surface area contributed by atoms with Crippen molar-refractivity contribution >= 4 is 67.3 Å². The fourth-order valence-electron chi connectivity index (χ4n) is 4.24. The van der Waals surface area contributed by atoms with Gasteiger partial charge in [0.1, 0.15) is 18.1 Å². The van der Waals surface area contributed by atoms with Crippen molar-refractivity contribution in [2.24, 2.45) is 5.10 Å². The Labute approximate surface area is 272 Å². The highest BCUT2D eigenvalue weighted by Crippen LogP contribution is 2.35. The molecule has 43 heavy (non-hydrogen) atoms. The quantitative estimate of drug-likeness (QED) is 0.0957. The van der Waals surface area contributed by atoms with Crippen molar-refractivity contribution in [2.45, 2.75) is 33.4 Å². The van der Waals surface area contributed by atoms with Crippen LogP contribution in [-0.2, 0) is 20.9 Å². The second-order valence-corrected chi connectivity index (χ2v) is 11.6. The maximum atomic E-state index is 12.7. The molecule has 1 aliphatic heterocycles. The number of benzene rings is 3. The summed E-state index contributed by atoms with van der Waals surface area (Å²) >= 11 is 12.4. The number of nitrogens with one attached hydrogen (secondary N) is 3. The average Bonchev–Trinajstić information content (AvgIpc) is 2.96. The fourth-order valence-corrected chi connectivity index (χ4v) is 5.96. The lowest BCUT2D eigenvalue weighted by Gasteiger charge is -2.30. The Morgan fingerprint density at radius 1 is 1.05 bits per heavy atom. The number of carbonyl (C=O) groups is 2. The summed E-state index contributed by atoms with van der Waals surface area (Å²) in [5, 5.41) is 10.5. The van der Waals surface area contributed by atoms with E-state index in [9.17, 15) is 9.59 Å². The van der Waals surface area contributed by atoms with Gasteiger partial charge in [0.15, 0.2) is 11.7 Å². The highest BCUT2D eigenvalue weighted by Gasteiger charge is 2.32. The van der Waals surface area contributed by atoms with Gasteiger partial charge >= 0.3 is 5.97 Å². The number of hydrazone groups is 1. The van der Waals surface area contributed by atoms with E-state index in [4.69, 9.17) is 26.4 Å². The van der Waals surface area contributed by atoms with Gasteiger partial charge in [-0.1, -0.05) is 48.0 Å². The molecule has 0 aliphatic carbocycles. The number of halogens is 2. The first-order valence-corrected chi connectivity index (χ1v) is 15.3. The largest absolute Gasteiger partial charge is 0.487 e. The summed E-state index contributed by atoms with van der Waals surface area (Å²) in [5.41, 5.74) is 7.05. The number of amides is 1. The van der Waals surface area contributed by atoms with Crippen LogP contribution in [0.25, 0.3) is 0 Å². The molecule has 0 aromatic heterocycles. The molecule has 0 spiro atoms. The van der Waals surface area contributed by atoms with Crippen LogP contribution in [0.1, 0.15) is 42.1 Å². The number of aryl methyl sites for hydroxylation is 1. The number of ether oxygens (including phenoxy) is 3. The summed E-state index contributed by atoms with van der Waals surface area (Å²) in [4.78, 5) is 25.3. The van der Waals surface area contributed by atoms with Crippen LogP contribution in [-0.4, -0.2) is 36.4 Å². The molecule has 0 bridgehead atoms. The van der Waals surface area contributed by atoms with Crippen LogP contribution in [0.4, 0.5) is 0 Å². The Bertz CT molecular complexity index is 1550. The Balaban J connectivity index is 1.37.